The fourth-order valence-electron chi connectivity index (χ4n) is 1.80. The minimum atomic E-state index is -0.990. The van der Waals surface area contributed by atoms with Crippen LogP contribution in [0.2, 0.25) is 0 Å². The van der Waals surface area contributed by atoms with E-state index in [-0.39, 0.29) is 12.2 Å². The second kappa shape index (κ2) is 6.86. The van der Waals surface area contributed by atoms with Gasteiger partial charge in [0.25, 0.3) is 0 Å². The summed E-state index contributed by atoms with van der Waals surface area (Å²) in [5, 5.41) is 17.9. The SMILES string of the molecule is CCCCN(CCO)c1ccc(C(=O)O)cc1N. The van der Waals surface area contributed by atoms with Gasteiger partial charge in [0.15, 0.2) is 0 Å². The van der Waals surface area contributed by atoms with E-state index in [9.17, 15) is 4.79 Å². The van der Waals surface area contributed by atoms with Crippen molar-refractivity contribution in [1.82, 2.24) is 0 Å². The van der Waals surface area contributed by atoms with Crippen molar-refractivity contribution in [3.05, 3.63) is 23.8 Å². The Labute approximate surface area is 107 Å². The number of hydrogen-bond donors (Lipinski definition) is 3. The number of nitrogen functional groups attached to an aromatic ring is 1. The molecule has 0 saturated heterocycles. The minimum Gasteiger partial charge on any atom is -0.478 e. The Morgan fingerprint density at radius 1 is 1.39 bits per heavy atom. The molecule has 0 radical (unpaired) electrons. The van der Waals surface area contributed by atoms with Crippen molar-refractivity contribution in [3.8, 4) is 0 Å². The average Bonchev–Trinajstić information content (AvgIpc) is 2.34. The van der Waals surface area contributed by atoms with Gasteiger partial charge >= 0.3 is 5.97 Å². The molecule has 18 heavy (non-hydrogen) atoms. The molecule has 0 bridgehead atoms. The van der Waals surface area contributed by atoms with Gasteiger partial charge in [-0.1, -0.05) is 13.3 Å². The third kappa shape index (κ3) is 3.63. The van der Waals surface area contributed by atoms with Crippen molar-refractivity contribution >= 4 is 17.3 Å². The molecule has 1 aromatic carbocycles. The van der Waals surface area contributed by atoms with Crippen LogP contribution in [-0.2, 0) is 0 Å². The third-order valence-corrected chi connectivity index (χ3v) is 2.77. The van der Waals surface area contributed by atoms with Gasteiger partial charge in [-0.2, -0.15) is 0 Å². The number of carbonyl (C=O) groups is 1. The van der Waals surface area contributed by atoms with Gasteiger partial charge in [0.2, 0.25) is 0 Å². The normalized spacial score (nSPS) is 10.3. The summed E-state index contributed by atoms with van der Waals surface area (Å²) in [6, 6.07) is 4.68. The topological polar surface area (TPSA) is 86.8 Å². The smallest absolute Gasteiger partial charge is 0.335 e. The molecule has 0 saturated carbocycles. The average molecular weight is 252 g/mol. The fraction of sp³-hybridized carbons (Fsp3) is 0.462. The zero-order chi connectivity index (χ0) is 13.5. The van der Waals surface area contributed by atoms with Crippen LogP contribution >= 0.6 is 0 Å². The molecule has 0 unspecified atom stereocenters. The number of carboxylic acids is 1. The molecule has 0 amide bonds. The van der Waals surface area contributed by atoms with Gasteiger partial charge in [-0.15, -0.1) is 0 Å². The molecular weight excluding hydrogens is 232 g/mol. The first-order valence-corrected chi connectivity index (χ1v) is 6.08. The van der Waals surface area contributed by atoms with Crippen molar-refractivity contribution in [1.29, 1.82) is 0 Å². The summed E-state index contributed by atoms with van der Waals surface area (Å²) in [5.41, 5.74) is 7.26. The Balaban J connectivity index is 2.93. The summed E-state index contributed by atoms with van der Waals surface area (Å²) < 4.78 is 0. The molecule has 0 aliphatic heterocycles. The number of nitrogens with two attached hydrogens (primary N) is 1. The number of carboxylic acid groups (broad SMARTS) is 1. The van der Waals surface area contributed by atoms with Gasteiger partial charge in [0.05, 0.1) is 23.5 Å². The number of anilines is 2. The van der Waals surface area contributed by atoms with Crippen LogP contribution in [-0.4, -0.2) is 35.9 Å². The van der Waals surface area contributed by atoms with Crippen molar-refractivity contribution in [2.75, 3.05) is 30.3 Å². The van der Waals surface area contributed by atoms with E-state index < -0.39 is 5.97 Å². The van der Waals surface area contributed by atoms with Crippen LogP contribution in [0.25, 0.3) is 0 Å². The maximum absolute atomic E-state index is 10.8. The van der Waals surface area contributed by atoms with Crippen molar-refractivity contribution in [3.63, 3.8) is 0 Å². The van der Waals surface area contributed by atoms with E-state index in [1.807, 2.05) is 4.90 Å². The summed E-state index contributed by atoms with van der Waals surface area (Å²) in [7, 11) is 0. The number of benzene rings is 1. The van der Waals surface area contributed by atoms with Crippen molar-refractivity contribution < 1.29 is 15.0 Å². The largest absolute Gasteiger partial charge is 0.478 e. The number of rotatable bonds is 7. The molecule has 0 spiro atoms. The molecule has 0 aliphatic carbocycles. The predicted octanol–water partition coefficient (Wildman–Crippen LogP) is 1.57. The monoisotopic (exact) mass is 252 g/mol. The number of nitrogens with zero attached hydrogens (tertiary/aromatic N) is 1. The highest BCUT2D eigenvalue weighted by Crippen LogP contribution is 2.24. The molecule has 0 fully saturated rings. The highest BCUT2D eigenvalue weighted by molar-refractivity contribution is 5.90. The van der Waals surface area contributed by atoms with Crippen LogP contribution in [0.5, 0.6) is 0 Å². The van der Waals surface area contributed by atoms with Gasteiger partial charge in [-0.05, 0) is 24.6 Å². The van der Waals surface area contributed by atoms with E-state index >= 15 is 0 Å². The zero-order valence-electron chi connectivity index (χ0n) is 10.6. The summed E-state index contributed by atoms with van der Waals surface area (Å²) >= 11 is 0. The molecule has 0 atom stereocenters. The maximum Gasteiger partial charge on any atom is 0.335 e. The molecule has 5 heteroatoms. The highest BCUT2D eigenvalue weighted by Gasteiger charge is 2.11. The Bertz CT molecular complexity index is 407. The van der Waals surface area contributed by atoms with Crippen molar-refractivity contribution in [2.24, 2.45) is 0 Å². The van der Waals surface area contributed by atoms with Gasteiger partial charge in [-0.25, -0.2) is 4.79 Å². The van der Waals surface area contributed by atoms with E-state index in [4.69, 9.17) is 15.9 Å². The molecule has 5 nitrogen and oxygen atoms in total. The second-order valence-electron chi connectivity index (χ2n) is 4.14. The maximum atomic E-state index is 10.8. The first kappa shape index (κ1) is 14.3. The molecule has 1 aromatic rings. The first-order valence-electron chi connectivity index (χ1n) is 6.08. The lowest BCUT2D eigenvalue weighted by molar-refractivity contribution is 0.0697. The van der Waals surface area contributed by atoms with Gasteiger partial charge in [-0.3, -0.25) is 0 Å². The Morgan fingerprint density at radius 2 is 2.11 bits per heavy atom. The van der Waals surface area contributed by atoms with E-state index in [1.54, 1.807) is 6.07 Å². The van der Waals surface area contributed by atoms with Crippen LogP contribution in [0.4, 0.5) is 11.4 Å². The number of aromatic carboxylic acids is 1. The van der Waals surface area contributed by atoms with E-state index in [2.05, 4.69) is 6.92 Å². The van der Waals surface area contributed by atoms with Crippen LogP contribution in [0.15, 0.2) is 18.2 Å². The Hall–Kier alpha value is -1.75. The van der Waals surface area contributed by atoms with Crippen molar-refractivity contribution in [2.45, 2.75) is 19.8 Å². The number of aliphatic hydroxyl groups is 1. The van der Waals surface area contributed by atoms with E-state index in [0.717, 1.165) is 25.1 Å². The predicted molar refractivity (Wildman–Crippen MR) is 72.0 cm³/mol. The minimum absolute atomic E-state index is 0.0455. The number of hydrogen-bond acceptors (Lipinski definition) is 4. The lowest BCUT2D eigenvalue weighted by Crippen LogP contribution is -2.28. The van der Waals surface area contributed by atoms with Crippen LogP contribution in [0.3, 0.4) is 0 Å². The lowest BCUT2D eigenvalue weighted by atomic mass is 10.1. The molecule has 0 heterocycles. The van der Waals surface area contributed by atoms with Gasteiger partial charge < -0.3 is 20.8 Å². The summed E-state index contributed by atoms with van der Waals surface area (Å²) in [6.07, 6.45) is 2.05. The number of aliphatic hydroxyl groups excluding tert-OH is 1. The Kier molecular flexibility index (Phi) is 5.45. The fourth-order valence-corrected chi connectivity index (χ4v) is 1.80. The molecule has 1 rings (SSSR count). The van der Waals surface area contributed by atoms with Gasteiger partial charge in [0, 0.05) is 13.1 Å². The standard InChI is InChI=1S/C13H20N2O3/c1-2-3-6-15(7-8-16)12-5-4-10(13(17)18)9-11(12)14/h4-5,9,16H,2-3,6-8,14H2,1H3,(H,17,18). The van der Waals surface area contributed by atoms with Crippen LogP contribution in [0.1, 0.15) is 30.1 Å². The summed E-state index contributed by atoms with van der Waals surface area (Å²) in [4.78, 5) is 12.8. The Morgan fingerprint density at radius 3 is 2.61 bits per heavy atom. The van der Waals surface area contributed by atoms with E-state index in [0.29, 0.717) is 12.2 Å². The quantitative estimate of drug-likeness (QED) is 0.641. The van der Waals surface area contributed by atoms with Crippen LogP contribution in [0, 0.1) is 0 Å². The molecule has 0 aliphatic rings. The second-order valence-corrected chi connectivity index (χ2v) is 4.14. The zero-order valence-corrected chi connectivity index (χ0v) is 10.6. The molecule has 100 valence electrons. The lowest BCUT2D eigenvalue weighted by Gasteiger charge is -2.25. The highest BCUT2D eigenvalue weighted by atomic mass is 16.4. The molecule has 0 aromatic heterocycles. The van der Waals surface area contributed by atoms with Gasteiger partial charge in [0.1, 0.15) is 0 Å². The first-order chi connectivity index (χ1) is 8.60. The summed E-state index contributed by atoms with van der Waals surface area (Å²) in [5.74, 6) is -0.990. The van der Waals surface area contributed by atoms with Crippen LogP contribution < -0.4 is 10.6 Å². The summed E-state index contributed by atoms with van der Waals surface area (Å²) in [6.45, 7) is 3.43. The van der Waals surface area contributed by atoms with E-state index in [1.165, 1.54) is 12.1 Å². The molecular formula is C13H20N2O3. The molecule has 4 N–H and O–H groups in total. The number of unbranched alkanes of at least 4 members (excludes halogenated alkanes) is 1. The third-order valence-electron chi connectivity index (χ3n) is 2.77.